The van der Waals surface area contributed by atoms with E-state index in [9.17, 15) is 13.2 Å². The molecule has 0 aliphatic carbocycles. The van der Waals surface area contributed by atoms with E-state index in [0.717, 1.165) is 6.07 Å². The van der Waals surface area contributed by atoms with Gasteiger partial charge in [0.25, 0.3) is 5.89 Å². The molecule has 0 spiro atoms. The molecule has 1 aliphatic rings. The highest BCUT2D eigenvalue weighted by Crippen LogP contribution is 2.37. The molecule has 152 valence electrons. The van der Waals surface area contributed by atoms with E-state index in [1.807, 2.05) is 18.2 Å². The Morgan fingerprint density at radius 1 is 1.03 bits per heavy atom. The van der Waals surface area contributed by atoms with Crippen molar-refractivity contribution < 1.29 is 22.1 Å². The van der Waals surface area contributed by atoms with E-state index >= 15 is 4.39 Å². The fraction of sp³-hybridized carbons (Fsp3) is 0.333. The van der Waals surface area contributed by atoms with Gasteiger partial charge in [0.2, 0.25) is 11.5 Å². The van der Waals surface area contributed by atoms with Crippen LogP contribution in [0, 0.1) is 0 Å². The summed E-state index contributed by atoms with van der Waals surface area (Å²) in [6.45, 7) is 0.397. The third-order valence-electron chi connectivity index (χ3n) is 5.08. The van der Waals surface area contributed by atoms with Gasteiger partial charge in [0.1, 0.15) is 0 Å². The fourth-order valence-corrected chi connectivity index (χ4v) is 3.69. The summed E-state index contributed by atoms with van der Waals surface area (Å²) >= 11 is 0. The van der Waals surface area contributed by atoms with Gasteiger partial charge in [-0.05, 0) is 31.0 Å². The highest BCUT2D eigenvalue weighted by atomic mass is 19.4. The van der Waals surface area contributed by atoms with Gasteiger partial charge < -0.3 is 4.52 Å². The van der Waals surface area contributed by atoms with Crippen LogP contribution in [0.15, 0.2) is 59.1 Å². The van der Waals surface area contributed by atoms with Gasteiger partial charge in [-0.25, -0.2) is 4.39 Å². The molecule has 0 N–H and O–H groups in total. The van der Waals surface area contributed by atoms with Crippen LogP contribution in [0.2, 0.25) is 0 Å². The minimum Gasteiger partial charge on any atom is -0.335 e. The third kappa shape index (κ3) is 4.17. The van der Waals surface area contributed by atoms with Gasteiger partial charge in [0.15, 0.2) is 0 Å². The highest BCUT2D eigenvalue weighted by molar-refractivity contribution is 5.53. The van der Waals surface area contributed by atoms with Gasteiger partial charge in [0.05, 0.1) is 5.56 Å². The van der Waals surface area contributed by atoms with Gasteiger partial charge in [-0.1, -0.05) is 53.7 Å². The van der Waals surface area contributed by atoms with E-state index in [2.05, 4.69) is 10.1 Å². The molecule has 29 heavy (non-hydrogen) atoms. The molecule has 2 aromatic carbocycles. The lowest BCUT2D eigenvalue weighted by molar-refractivity contribution is -0.138. The molecule has 0 radical (unpaired) electrons. The van der Waals surface area contributed by atoms with Crippen molar-refractivity contribution >= 4 is 0 Å². The quantitative estimate of drug-likeness (QED) is 0.559. The monoisotopic (exact) mass is 405 g/mol. The first-order valence-electron chi connectivity index (χ1n) is 9.31. The number of aromatic nitrogens is 2. The Labute approximate surface area is 165 Å². The van der Waals surface area contributed by atoms with Crippen molar-refractivity contribution in [2.45, 2.75) is 31.2 Å². The first-order valence-corrected chi connectivity index (χ1v) is 9.31. The molecule has 4 rings (SSSR count). The van der Waals surface area contributed by atoms with Crippen LogP contribution in [0.3, 0.4) is 0 Å². The van der Waals surface area contributed by atoms with Crippen LogP contribution in [0.4, 0.5) is 17.6 Å². The van der Waals surface area contributed by atoms with Gasteiger partial charge in [-0.15, -0.1) is 0 Å². The Hall–Kier alpha value is -2.74. The molecule has 1 aromatic heterocycles. The maximum atomic E-state index is 15.7. The SMILES string of the molecule is FC(F)(F)c1ccccc1CN1CCCC(F)(c2nc(-c3ccccc3)no2)C1. The van der Waals surface area contributed by atoms with Crippen LogP contribution in [0.5, 0.6) is 0 Å². The number of hydrogen-bond acceptors (Lipinski definition) is 4. The van der Waals surface area contributed by atoms with Crippen molar-refractivity contribution in [2.75, 3.05) is 13.1 Å². The largest absolute Gasteiger partial charge is 0.416 e. The van der Waals surface area contributed by atoms with Crippen molar-refractivity contribution in [3.8, 4) is 11.4 Å². The first-order chi connectivity index (χ1) is 13.9. The number of hydrogen-bond donors (Lipinski definition) is 0. The Balaban J connectivity index is 1.54. The normalized spacial score (nSPS) is 20.7. The van der Waals surface area contributed by atoms with Crippen LogP contribution in [-0.4, -0.2) is 28.1 Å². The third-order valence-corrected chi connectivity index (χ3v) is 5.08. The van der Waals surface area contributed by atoms with Crippen molar-refractivity contribution in [3.05, 3.63) is 71.6 Å². The molecule has 1 aliphatic heterocycles. The second kappa shape index (κ2) is 7.59. The molecule has 1 atom stereocenters. The number of alkyl halides is 4. The van der Waals surface area contributed by atoms with Crippen LogP contribution < -0.4 is 0 Å². The van der Waals surface area contributed by atoms with Crippen LogP contribution >= 0.6 is 0 Å². The highest BCUT2D eigenvalue weighted by Gasteiger charge is 2.43. The van der Waals surface area contributed by atoms with Gasteiger partial charge in [-0.3, -0.25) is 4.90 Å². The Morgan fingerprint density at radius 3 is 2.52 bits per heavy atom. The standard InChI is InChI=1S/C21H19F4N3O/c22-20(19-26-18(27-29-19)15-7-2-1-3-8-15)11-6-12-28(14-20)13-16-9-4-5-10-17(16)21(23,24)25/h1-5,7-10H,6,11-14H2. The van der Waals surface area contributed by atoms with E-state index in [0.29, 0.717) is 18.5 Å². The minimum absolute atomic E-state index is 0.00102. The van der Waals surface area contributed by atoms with Crippen molar-refractivity contribution in [2.24, 2.45) is 0 Å². The molecule has 4 nitrogen and oxygen atoms in total. The second-order valence-corrected chi connectivity index (χ2v) is 7.22. The molecular formula is C21H19F4N3O. The van der Waals surface area contributed by atoms with Crippen molar-refractivity contribution in [1.29, 1.82) is 0 Å². The minimum atomic E-state index is -4.45. The zero-order valence-electron chi connectivity index (χ0n) is 15.5. The Morgan fingerprint density at radius 2 is 1.76 bits per heavy atom. The summed E-state index contributed by atoms with van der Waals surface area (Å²) < 4.78 is 60.6. The van der Waals surface area contributed by atoms with E-state index in [1.54, 1.807) is 23.1 Å². The molecular weight excluding hydrogens is 386 g/mol. The molecule has 3 aromatic rings. The van der Waals surface area contributed by atoms with Gasteiger partial charge >= 0.3 is 6.18 Å². The van der Waals surface area contributed by atoms with Crippen molar-refractivity contribution in [3.63, 3.8) is 0 Å². The number of halogens is 4. The summed E-state index contributed by atoms with van der Waals surface area (Å²) in [5, 5.41) is 3.87. The average Bonchev–Trinajstić information content (AvgIpc) is 3.20. The average molecular weight is 405 g/mol. The number of rotatable bonds is 4. The van der Waals surface area contributed by atoms with Crippen LogP contribution in [-0.2, 0) is 18.4 Å². The lowest BCUT2D eigenvalue weighted by Crippen LogP contribution is -2.43. The molecule has 2 heterocycles. The first kappa shape index (κ1) is 19.6. The lowest BCUT2D eigenvalue weighted by atomic mass is 9.93. The van der Waals surface area contributed by atoms with Gasteiger partial charge in [0, 0.05) is 18.7 Å². The zero-order chi connectivity index (χ0) is 20.5. The van der Waals surface area contributed by atoms with E-state index < -0.39 is 17.4 Å². The smallest absolute Gasteiger partial charge is 0.335 e. The summed E-state index contributed by atoms with van der Waals surface area (Å²) in [6, 6.07) is 14.4. The maximum Gasteiger partial charge on any atom is 0.416 e. The molecule has 0 amide bonds. The van der Waals surface area contributed by atoms with Gasteiger partial charge in [-0.2, -0.15) is 18.2 Å². The molecule has 1 fully saturated rings. The number of piperidine rings is 1. The molecule has 1 unspecified atom stereocenters. The molecule has 0 saturated carbocycles. The predicted molar refractivity (Wildman–Crippen MR) is 98.5 cm³/mol. The van der Waals surface area contributed by atoms with E-state index in [4.69, 9.17) is 4.52 Å². The Bertz CT molecular complexity index is 973. The topological polar surface area (TPSA) is 42.2 Å². The second-order valence-electron chi connectivity index (χ2n) is 7.22. The maximum absolute atomic E-state index is 15.7. The summed E-state index contributed by atoms with van der Waals surface area (Å²) in [7, 11) is 0. The Kier molecular flexibility index (Phi) is 5.12. The van der Waals surface area contributed by atoms with Crippen molar-refractivity contribution in [1.82, 2.24) is 15.0 Å². The number of likely N-dealkylation sites (tertiary alicyclic amines) is 1. The number of nitrogens with zero attached hydrogens (tertiary/aromatic N) is 3. The summed E-state index contributed by atoms with van der Waals surface area (Å²) in [4.78, 5) is 5.88. The van der Waals surface area contributed by atoms with E-state index in [1.165, 1.54) is 12.1 Å². The summed E-state index contributed by atoms with van der Waals surface area (Å²) in [6.07, 6.45) is -3.79. The van der Waals surface area contributed by atoms with E-state index in [-0.39, 0.29) is 36.8 Å². The zero-order valence-corrected chi connectivity index (χ0v) is 15.5. The summed E-state index contributed by atoms with van der Waals surface area (Å²) in [5.41, 5.74) is -1.76. The summed E-state index contributed by atoms with van der Waals surface area (Å²) in [5.74, 6) is 0.155. The van der Waals surface area contributed by atoms with Crippen LogP contribution in [0.1, 0.15) is 29.9 Å². The van der Waals surface area contributed by atoms with Crippen LogP contribution in [0.25, 0.3) is 11.4 Å². The number of benzene rings is 2. The predicted octanol–water partition coefficient (Wildman–Crippen LogP) is 5.22. The lowest BCUT2D eigenvalue weighted by Gasteiger charge is -2.35. The molecule has 8 heteroatoms. The molecule has 0 bridgehead atoms. The fourth-order valence-electron chi connectivity index (χ4n) is 3.69. The molecule has 1 saturated heterocycles.